The van der Waals surface area contributed by atoms with E-state index in [1.807, 2.05) is 0 Å². The molecule has 0 radical (unpaired) electrons. The van der Waals surface area contributed by atoms with Crippen molar-refractivity contribution >= 4 is 11.6 Å². The summed E-state index contributed by atoms with van der Waals surface area (Å²) in [6, 6.07) is 6.92. The van der Waals surface area contributed by atoms with E-state index in [4.69, 9.17) is 16.3 Å². The van der Waals surface area contributed by atoms with Gasteiger partial charge in [0.15, 0.2) is 11.6 Å². The van der Waals surface area contributed by atoms with E-state index in [1.165, 1.54) is 40.0 Å². The van der Waals surface area contributed by atoms with E-state index in [0.29, 0.717) is 6.07 Å². The summed E-state index contributed by atoms with van der Waals surface area (Å²) in [5.41, 5.74) is -1.99. The molecule has 0 aliphatic heterocycles. The van der Waals surface area contributed by atoms with Gasteiger partial charge in [0.1, 0.15) is 40.2 Å². The van der Waals surface area contributed by atoms with Gasteiger partial charge in [-0.3, -0.25) is 19.3 Å². The fraction of sp³-hybridized carbons (Fsp3) is 0.231. The van der Waals surface area contributed by atoms with Crippen molar-refractivity contribution in [3.05, 3.63) is 98.2 Å². The molecule has 0 unspecified atom stereocenters. The van der Waals surface area contributed by atoms with E-state index >= 15 is 4.39 Å². The van der Waals surface area contributed by atoms with E-state index in [0.717, 1.165) is 10.8 Å². The summed E-state index contributed by atoms with van der Waals surface area (Å²) in [7, 11) is 0. The number of aromatic nitrogens is 4. The maximum absolute atomic E-state index is 16.0. The largest absolute Gasteiger partial charge is 0.485 e. The first-order valence-corrected chi connectivity index (χ1v) is 11.5. The lowest BCUT2D eigenvalue weighted by molar-refractivity contribution is 0.0731. The molecular formula is C26H22ClF3N4O3. The van der Waals surface area contributed by atoms with Gasteiger partial charge in [-0.2, -0.15) is 0 Å². The lowest BCUT2D eigenvalue weighted by Gasteiger charge is -2.24. The number of hydrogen-bond donors (Lipinski definition) is 1. The Morgan fingerprint density at radius 3 is 2.49 bits per heavy atom. The van der Waals surface area contributed by atoms with Crippen molar-refractivity contribution in [2.24, 2.45) is 0 Å². The molecule has 0 spiro atoms. The summed E-state index contributed by atoms with van der Waals surface area (Å²) < 4.78 is 49.6. The minimum absolute atomic E-state index is 0.0919. The van der Waals surface area contributed by atoms with Crippen LogP contribution in [0.15, 0.2) is 47.5 Å². The molecule has 0 amide bonds. The molecule has 7 nitrogen and oxygen atoms in total. The maximum Gasteiger partial charge on any atom is 0.278 e. The molecule has 4 rings (SSSR count). The van der Waals surface area contributed by atoms with Gasteiger partial charge in [0.25, 0.3) is 5.56 Å². The van der Waals surface area contributed by atoms with E-state index in [2.05, 4.69) is 15.0 Å². The van der Waals surface area contributed by atoms with Crippen LogP contribution in [0.4, 0.5) is 13.2 Å². The number of hydrogen-bond acceptors (Lipinski definition) is 6. The molecule has 11 heteroatoms. The predicted octanol–water partition coefficient (Wildman–Crippen LogP) is 5.18. The first kappa shape index (κ1) is 26.3. The summed E-state index contributed by atoms with van der Waals surface area (Å²) in [5.74, 6) is -2.69. The summed E-state index contributed by atoms with van der Waals surface area (Å²) in [4.78, 5) is 25.5. The molecule has 0 saturated carbocycles. The van der Waals surface area contributed by atoms with Crippen LogP contribution in [0.1, 0.15) is 36.5 Å². The van der Waals surface area contributed by atoms with Gasteiger partial charge in [-0.15, -0.1) is 0 Å². The van der Waals surface area contributed by atoms with Crippen molar-refractivity contribution < 1.29 is 23.0 Å². The zero-order chi connectivity index (χ0) is 27.1. The standard InChI is InChI=1S/C26H22ClF3N4O3/c1-13-9-19(37-12-18-16(29)10-15(28)11-32-18)20(27)25(35)34(13)23-14(2)24(26(3,4)36)33-22(21(23)30)17-7-5-6-8-31-17/h5-11,36H,12H2,1-4H3. The number of ether oxygens (including phenoxy) is 1. The van der Waals surface area contributed by atoms with Gasteiger partial charge >= 0.3 is 0 Å². The Morgan fingerprint density at radius 1 is 1.14 bits per heavy atom. The van der Waals surface area contributed by atoms with Gasteiger partial charge in [0, 0.05) is 29.6 Å². The van der Waals surface area contributed by atoms with Crippen LogP contribution in [0.5, 0.6) is 5.75 Å². The topological polar surface area (TPSA) is 90.1 Å². The van der Waals surface area contributed by atoms with Crippen molar-refractivity contribution in [1.29, 1.82) is 0 Å². The Hall–Kier alpha value is -3.76. The first-order valence-electron chi connectivity index (χ1n) is 11.1. The normalized spacial score (nSPS) is 11.6. The van der Waals surface area contributed by atoms with Crippen LogP contribution < -0.4 is 10.3 Å². The minimum atomic E-state index is -1.48. The molecular weight excluding hydrogens is 509 g/mol. The summed E-state index contributed by atoms with van der Waals surface area (Å²) in [6.45, 7) is 5.63. The minimum Gasteiger partial charge on any atom is -0.485 e. The van der Waals surface area contributed by atoms with Crippen LogP contribution in [-0.4, -0.2) is 24.6 Å². The number of pyridine rings is 4. The quantitative estimate of drug-likeness (QED) is 0.369. The fourth-order valence-electron chi connectivity index (χ4n) is 3.93. The van der Waals surface area contributed by atoms with Gasteiger partial charge in [-0.25, -0.2) is 18.2 Å². The van der Waals surface area contributed by atoms with Crippen molar-refractivity contribution in [1.82, 2.24) is 19.5 Å². The highest BCUT2D eigenvalue weighted by molar-refractivity contribution is 6.31. The second-order valence-electron chi connectivity index (χ2n) is 8.85. The second-order valence-corrected chi connectivity index (χ2v) is 9.22. The Morgan fingerprint density at radius 2 is 1.86 bits per heavy atom. The first-order chi connectivity index (χ1) is 17.4. The van der Waals surface area contributed by atoms with Gasteiger partial charge in [0.05, 0.1) is 23.3 Å². The molecule has 0 aliphatic carbocycles. The lowest BCUT2D eigenvalue weighted by atomic mass is 9.97. The predicted molar refractivity (Wildman–Crippen MR) is 131 cm³/mol. The number of rotatable bonds is 6. The molecule has 4 aromatic heterocycles. The zero-order valence-corrected chi connectivity index (χ0v) is 21.1. The molecule has 0 aliphatic rings. The molecule has 192 valence electrons. The van der Waals surface area contributed by atoms with Crippen LogP contribution in [0.3, 0.4) is 0 Å². The Bertz CT molecular complexity index is 1550. The van der Waals surface area contributed by atoms with Crippen LogP contribution in [-0.2, 0) is 12.2 Å². The number of aryl methyl sites for hydroxylation is 1. The summed E-state index contributed by atoms with van der Waals surface area (Å²) >= 11 is 6.31. The van der Waals surface area contributed by atoms with Crippen LogP contribution in [0.25, 0.3) is 17.1 Å². The van der Waals surface area contributed by atoms with Crippen LogP contribution in [0.2, 0.25) is 5.02 Å². The highest BCUT2D eigenvalue weighted by Crippen LogP contribution is 2.34. The molecule has 4 aromatic rings. The molecule has 0 bridgehead atoms. The summed E-state index contributed by atoms with van der Waals surface area (Å²) in [5, 5.41) is 10.4. The van der Waals surface area contributed by atoms with E-state index in [9.17, 15) is 18.7 Å². The average molecular weight is 531 g/mol. The Kier molecular flexibility index (Phi) is 7.07. The van der Waals surface area contributed by atoms with Crippen molar-refractivity contribution in [2.45, 2.75) is 39.9 Å². The van der Waals surface area contributed by atoms with E-state index < -0.39 is 40.2 Å². The zero-order valence-electron chi connectivity index (χ0n) is 20.3. The molecule has 0 saturated heterocycles. The monoisotopic (exact) mass is 530 g/mol. The van der Waals surface area contributed by atoms with Gasteiger partial charge < -0.3 is 9.84 Å². The smallest absolute Gasteiger partial charge is 0.278 e. The SMILES string of the molecule is Cc1c(C(C)(C)O)nc(-c2ccccn2)c(F)c1-n1c(C)cc(OCc2ncc(F)cc2F)c(Cl)c1=O. The third kappa shape index (κ3) is 5.07. The molecule has 0 atom stereocenters. The number of aliphatic hydroxyl groups is 1. The van der Waals surface area contributed by atoms with Crippen molar-refractivity contribution in [3.63, 3.8) is 0 Å². The second kappa shape index (κ2) is 9.95. The highest BCUT2D eigenvalue weighted by atomic mass is 35.5. The van der Waals surface area contributed by atoms with Gasteiger partial charge in [-0.1, -0.05) is 17.7 Å². The van der Waals surface area contributed by atoms with Crippen LogP contribution >= 0.6 is 11.6 Å². The van der Waals surface area contributed by atoms with Crippen molar-refractivity contribution in [2.75, 3.05) is 0 Å². The summed E-state index contributed by atoms with van der Waals surface area (Å²) in [6.07, 6.45) is 2.31. The molecule has 0 fully saturated rings. The van der Waals surface area contributed by atoms with Gasteiger partial charge in [0.2, 0.25) is 0 Å². The molecule has 0 aromatic carbocycles. The fourth-order valence-corrected chi connectivity index (χ4v) is 4.12. The average Bonchev–Trinajstić information content (AvgIpc) is 2.83. The third-order valence-corrected chi connectivity index (χ3v) is 5.96. The van der Waals surface area contributed by atoms with Crippen molar-refractivity contribution in [3.8, 4) is 22.8 Å². The third-order valence-electron chi connectivity index (χ3n) is 5.61. The Balaban J connectivity index is 1.88. The molecule has 37 heavy (non-hydrogen) atoms. The van der Waals surface area contributed by atoms with Gasteiger partial charge in [-0.05, 0) is 39.8 Å². The number of nitrogens with zero attached hydrogens (tertiary/aromatic N) is 4. The molecule has 1 N–H and O–H groups in total. The molecule has 4 heterocycles. The van der Waals surface area contributed by atoms with E-state index in [1.54, 1.807) is 18.2 Å². The lowest BCUT2D eigenvalue weighted by Crippen LogP contribution is -2.27. The maximum atomic E-state index is 16.0. The highest BCUT2D eigenvalue weighted by Gasteiger charge is 2.29. The number of halogens is 4. The Labute approximate surface area is 215 Å². The van der Waals surface area contributed by atoms with Crippen LogP contribution in [0, 0.1) is 31.3 Å². The van der Waals surface area contributed by atoms with E-state index in [-0.39, 0.29) is 45.5 Å².